The maximum Gasteiger partial charge on any atom is 0.390 e. The summed E-state index contributed by atoms with van der Waals surface area (Å²) in [5.41, 5.74) is 2.36. The molecule has 2 amide bonds. The Bertz CT molecular complexity index is 1090. The molecule has 11 heteroatoms. The minimum atomic E-state index is -4.16. The molecule has 170 valence electrons. The third-order valence-electron chi connectivity index (χ3n) is 5.43. The zero-order valence-electron chi connectivity index (χ0n) is 17.6. The molecule has 0 bridgehead atoms. The second-order valence-electron chi connectivity index (χ2n) is 7.87. The number of alkyl halides is 3. The van der Waals surface area contributed by atoms with E-state index in [9.17, 15) is 18.0 Å². The lowest BCUT2D eigenvalue weighted by Crippen LogP contribution is -2.46. The van der Waals surface area contributed by atoms with E-state index in [1.807, 2.05) is 25.4 Å². The molecule has 0 atom stereocenters. The highest BCUT2D eigenvalue weighted by molar-refractivity contribution is 5.91. The molecule has 4 rings (SSSR count). The zero-order valence-corrected chi connectivity index (χ0v) is 17.6. The van der Waals surface area contributed by atoms with E-state index in [4.69, 9.17) is 0 Å². The van der Waals surface area contributed by atoms with E-state index in [-0.39, 0.29) is 18.6 Å². The van der Waals surface area contributed by atoms with E-state index >= 15 is 0 Å². The van der Waals surface area contributed by atoms with Gasteiger partial charge in [-0.25, -0.2) is 14.8 Å². The lowest BCUT2D eigenvalue weighted by molar-refractivity contribution is -0.133. The van der Waals surface area contributed by atoms with Gasteiger partial charge in [0.05, 0.1) is 23.8 Å². The van der Waals surface area contributed by atoms with Crippen LogP contribution in [0.2, 0.25) is 0 Å². The first-order valence-corrected chi connectivity index (χ1v) is 10.4. The highest BCUT2D eigenvalue weighted by Gasteiger charge is 2.28. The molecule has 1 aliphatic heterocycles. The fourth-order valence-electron chi connectivity index (χ4n) is 3.69. The molecule has 4 heterocycles. The number of likely N-dealkylation sites (tertiary alicyclic amines) is 1. The van der Waals surface area contributed by atoms with Crippen molar-refractivity contribution in [1.29, 1.82) is 0 Å². The first-order valence-electron chi connectivity index (χ1n) is 10.4. The lowest BCUT2D eigenvalue weighted by atomic mass is 10.1. The first-order chi connectivity index (χ1) is 15.3. The highest BCUT2D eigenvalue weighted by atomic mass is 19.4. The van der Waals surface area contributed by atoms with E-state index in [1.165, 1.54) is 0 Å². The smallest absolute Gasteiger partial charge is 0.324 e. The molecule has 1 saturated heterocycles. The van der Waals surface area contributed by atoms with Crippen molar-refractivity contribution < 1.29 is 18.0 Å². The minimum absolute atomic E-state index is 0.0182. The number of nitrogens with one attached hydrogen (secondary N) is 2. The summed E-state index contributed by atoms with van der Waals surface area (Å²) in [6.45, 7) is 0.828. The summed E-state index contributed by atoms with van der Waals surface area (Å²) in [6.07, 6.45) is 1.46. The van der Waals surface area contributed by atoms with Crippen molar-refractivity contribution in [2.45, 2.75) is 31.5 Å². The van der Waals surface area contributed by atoms with Crippen LogP contribution >= 0.6 is 0 Å². The van der Waals surface area contributed by atoms with Gasteiger partial charge in [-0.15, -0.1) is 0 Å². The normalized spacial score (nSPS) is 15.3. The molecule has 0 saturated carbocycles. The topological polar surface area (TPSA) is 88.0 Å². The SMILES string of the molecule is Cn1cc(-c2ccc3cnc(NC(=O)N4CCC(NCCC(F)(F)F)CC4)cc3n2)cn1. The maximum absolute atomic E-state index is 12.6. The largest absolute Gasteiger partial charge is 0.390 e. The third kappa shape index (κ3) is 5.52. The average Bonchev–Trinajstić information content (AvgIpc) is 3.19. The summed E-state index contributed by atoms with van der Waals surface area (Å²) in [6, 6.07) is 5.23. The molecular weight excluding hydrogens is 423 g/mol. The van der Waals surface area contributed by atoms with E-state index in [1.54, 1.807) is 28.0 Å². The quantitative estimate of drug-likeness (QED) is 0.624. The van der Waals surface area contributed by atoms with E-state index in [2.05, 4.69) is 25.7 Å². The molecular formula is C21H24F3N7O. The van der Waals surface area contributed by atoms with Gasteiger partial charge in [0.25, 0.3) is 0 Å². The van der Waals surface area contributed by atoms with Crippen molar-refractivity contribution in [2.75, 3.05) is 25.0 Å². The van der Waals surface area contributed by atoms with Gasteiger partial charge in [0, 0.05) is 62.1 Å². The number of aryl methyl sites for hydroxylation is 1. The number of amides is 2. The number of anilines is 1. The number of pyridine rings is 2. The Balaban J connectivity index is 1.34. The van der Waals surface area contributed by atoms with Crippen LogP contribution in [0, 0.1) is 0 Å². The van der Waals surface area contributed by atoms with Crippen LogP contribution < -0.4 is 10.6 Å². The zero-order chi connectivity index (χ0) is 22.7. The van der Waals surface area contributed by atoms with Gasteiger partial charge >= 0.3 is 12.2 Å². The van der Waals surface area contributed by atoms with Gasteiger partial charge in [-0.1, -0.05) is 0 Å². The fourth-order valence-corrected chi connectivity index (χ4v) is 3.69. The van der Waals surface area contributed by atoms with Crippen LogP contribution in [0.3, 0.4) is 0 Å². The number of carbonyl (C=O) groups is 1. The Labute approximate surface area is 182 Å². The molecule has 3 aromatic rings. The van der Waals surface area contributed by atoms with E-state index < -0.39 is 12.6 Å². The number of rotatable bonds is 5. The molecule has 8 nitrogen and oxygen atoms in total. The van der Waals surface area contributed by atoms with Gasteiger partial charge in [0.1, 0.15) is 5.82 Å². The summed E-state index contributed by atoms with van der Waals surface area (Å²) in [5, 5.41) is 10.7. The number of aromatic nitrogens is 4. The van der Waals surface area contributed by atoms with Crippen LogP contribution in [0.25, 0.3) is 22.2 Å². The Morgan fingerprint density at radius 1 is 1.22 bits per heavy atom. The molecule has 3 aromatic heterocycles. The second-order valence-corrected chi connectivity index (χ2v) is 7.87. The highest BCUT2D eigenvalue weighted by Crippen LogP contribution is 2.22. The van der Waals surface area contributed by atoms with Gasteiger partial charge < -0.3 is 10.2 Å². The minimum Gasteiger partial charge on any atom is -0.324 e. The Hall–Kier alpha value is -3.21. The standard InChI is InChI=1S/C21H24F3N7O/c1-30-13-15(12-27-30)17-3-2-14-11-26-19(10-18(14)28-17)29-20(32)31-8-4-16(5-9-31)25-7-6-21(22,23)24/h2-3,10-13,16,25H,4-9H2,1H3,(H,26,29,32). The van der Waals surface area contributed by atoms with Crippen LogP contribution in [0.5, 0.6) is 0 Å². The maximum atomic E-state index is 12.6. The third-order valence-corrected chi connectivity index (χ3v) is 5.43. The van der Waals surface area contributed by atoms with Crippen molar-refractivity contribution in [1.82, 2.24) is 30.0 Å². The Morgan fingerprint density at radius 2 is 2.00 bits per heavy atom. The Morgan fingerprint density at radius 3 is 2.69 bits per heavy atom. The lowest BCUT2D eigenvalue weighted by Gasteiger charge is -2.32. The predicted molar refractivity (Wildman–Crippen MR) is 114 cm³/mol. The average molecular weight is 447 g/mol. The number of hydrogen-bond acceptors (Lipinski definition) is 5. The molecule has 1 aliphatic rings. The molecule has 1 fully saturated rings. The monoisotopic (exact) mass is 447 g/mol. The van der Waals surface area contributed by atoms with Gasteiger partial charge in [-0.3, -0.25) is 10.00 Å². The molecule has 0 radical (unpaired) electrons. The summed E-state index contributed by atoms with van der Waals surface area (Å²) in [7, 11) is 1.84. The summed E-state index contributed by atoms with van der Waals surface area (Å²) in [4.78, 5) is 23.2. The molecule has 2 N–H and O–H groups in total. The number of hydrogen-bond donors (Lipinski definition) is 2. The van der Waals surface area contributed by atoms with Crippen molar-refractivity contribution in [2.24, 2.45) is 7.05 Å². The number of fused-ring (bicyclic) bond motifs is 1. The van der Waals surface area contributed by atoms with Gasteiger partial charge in [-0.2, -0.15) is 18.3 Å². The number of nitrogens with zero attached hydrogens (tertiary/aromatic N) is 5. The number of urea groups is 1. The summed E-state index contributed by atoms with van der Waals surface area (Å²) >= 11 is 0. The van der Waals surface area contributed by atoms with Crippen LogP contribution in [-0.4, -0.2) is 62.5 Å². The molecule has 0 aliphatic carbocycles. The first kappa shape index (κ1) is 22.0. The summed E-state index contributed by atoms with van der Waals surface area (Å²) in [5.74, 6) is 0.392. The number of piperidine rings is 1. The van der Waals surface area contributed by atoms with Crippen molar-refractivity contribution in [3.8, 4) is 11.3 Å². The molecule has 32 heavy (non-hydrogen) atoms. The Kier molecular flexibility index (Phi) is 6.26. The van der Waals surface area contributed by atoms with Crippen LogP contribution in [-0.2, 0) is 7.05 Å². The predicted octanol–water partition coefficient (Wildman–Crippen LogP) is 3.57. The van der Waals surface area contributed by atoms with Gasteiger partial charge in [0.2, 0.25) is 0 Å². The van der Waals surface area contributed by atoms with Gasteiger partial charge in [-0.05, 0) is 25.0 Å². The van der Waals surface area contributed by atoms with Gasteiger partial charge in [0.15, 0.2) is 0 Å². The second kappa shape index (κ2) is 9.11. The van der Waals surface area contributed by atoms with Crippen LogP contribution in [0.1, 0.15) is 19.3 Å². The molecule has 0 aromatic carbocycles. The van der Waals surface area contributed by atoms with Crippen molar-refractivity contribution in [3.63, 3.8) is 0 Å². The summed E-state index contributed by atoms with van der Waals surface area (Å²) < 4.78 is 38.5. The molecule has 0 unspecified atom stereocenters. The van der Waals surface area contributed by atoms with Crippen molar-refractivity contribution >= 4 is 22.8 Å². The van der Waals surface area contributed by atoms with E-state index in [0.29, 0.717) is 37.3 Å². The fraction of sp³-hybridized carbons (Fsp3) is 0.429. The number of carbonyl (C=O) groups excluding carboxylic acids is 1. The molecule has 0 spiro atoms. The number of halogens is 3. The van der Waals surface area contributed by atoms with Crippen molar-refractivity contribution in [3.05, 3.63) is 36.8 Å². The van der Waals surface area contributed by atoms with Crippen LogP contribution in [0.4, 0.5) is 23.8 Å². The van der Waals surface area contributed by atoms with Crippen LogP contribution in [0.15, 0.2) is 36.8 Å². The van der Waals surface area contributed by atoms with E-state index in [0.717, 1.165) is 16.6 Å².